The van der Waals surface area contributed by atoms with Crippen molar-refractivity contribution >= 4 is 44.3 Å². The number of aliphatic hydroxyl groups is 1. The number of aromatic nitrogens is 1. The third kappa shape index (κ3) is 4.85. The number of benzene rings is 3. The zero-order chi connectivity index (χ0) is 27.7. The number of hydrogen-bond donors (Lipinski definition) is 2. The fraction of sp³-hybridized carbons (Fsp3) is 0.200. The fourth-order valence-corrected chi connectivity index (χ4v) is 5.24. The van der Waals surface area contributed by atoms with Crippen LogP contribution in [0.2, 0.25) is 0 Å². The standard InChI is InChI=1S/C30H27BrN2O6/c1-37-21-9-10-23-22(15-21)19(16-32-23)12-13-33-27(17-4-7-20(31)8-5-17)26(29(35)30(33)36)28(34)18-6-11-24(38-2)25(14-18)39-3/h4-11,14-16,27,32,34H,12-13H2,1-3H3/t27-/m1/s1. The van der Waals surface area contributed by atoms with Crippen LogP contribution in [0.25, 0.3) is 16.7 Å². The summed E-state index contributed by atoms with van der Waals surface area (Å²) in [6.45, 7) is 0.262. The summed E-state index contributed by atoms with van der Waals surface area (Å²) in [6, 6.07) is 17.2. The zero-order valence-electron chi connectivity index (χ0n) is 21.7. The predicted molar refractivity (Wildman–Crippen MR) is 151 cm³/mol. The number of Topliss-reactive ketones (excluding diaryl/α,β-unsaturated/α-hetero) is 1. The van der Waals surface area contributed by atoms with Gasteiger partial charge >= 0.3 is 0 Å². The summed E-state index contributed by atoms with van der Waals surface area (Å²) in [6.07, 6.45) is 2.39. The lowest BCUT2D eigenvalue weighted by Crippen LogP contribution is -2.31. The summed E-state index contributed by atoms with van der Waals surface area (Å²) in [4.78, 5) is 31.6. The Labute approximate surface area is 233 Å². The van der Waals surface area contributed by atoms with Crippen LogP contribution in [0.5, 0.6) is 17.2 Å². The van der Waals surface area contributed by atoms with Crippen molar-refractivity contribution in [1.82, 2.24) is 9.88 Å². The van der Waals surface area contributed by atoms with Gasteiger partial charge in [0.1, 0.15) is 11.5 Å². The van der Waals surface area contributed by atoms with Crippen molar-refractivity contribution in [2.75, 3.05) is 27.9 Å². The Morgan fingerprint density at radius 2 is 1.69 bits per heavy atom. The van der Waals surface area contributed by atoms with Crippen molar-refractivity contribution in [2.24, 2.45) is 0 Å². The summed E-state index contributed by atoms with van der Waals surface area (Å²) in [5.41, 5.74) is 3.01. The Bertz CT molecular complexity index is 1590. The molecule has 1 amide bonds. The third-order valence-corrected chi connectivity index (χ3v) is 7.51. The Balaban J connectivity index is 1.56. The Morgan fingerprint density at radius 3 is 2.38 bits per heavy atom. The van der Waals surface area contributed by atoms with E-state index in [2.05, 4.69) is 20.9 Å². The molecule has 39 heavy (non-hydrogen) atoms. The van der Waals surface area contributed by atoms with E-state index in [-0.39, 0.29) is 17.9 Å². The number of carbonyl (C=O) groups is 2. The zero-order valence-corrected chi connectivity index (χ0v) is 23.2. The molecule has 3 aromatic carbocycles. The average Bonchev–Trinajstić information content (AvgIpc) is 3.48. The molecule has 2 N–H and O–H groups in total. The van der Waals surface area contributed by atoms with Crippen LogP contribution in [0.15, 0.2) is 76.9 Å². The minimum absolute atomic E-state index is 0.0233. The van der Waals surface area contributed by atoms with Crippen LogP contribution in [0.1, 0.15) is 22.7 Å². The van der Waals surface area contributed by atoms with E-state index in [1.54, 1.807) is 25.3 Å². The average molecular weight is 591 g/mol. The summed E-state index contributed by atoms with van der Waals surface area (Å²) in [5, 5.41) is 12.4. The van der Waals surface area contributed by atoms with Crippen LogP contribution in [0.4, 0.5) is 0 Å². The number of likely N-dealkylation sites (tertiary alicyclic amines) is 1. The lowest BCUT2D eigenvalue weighted by Gasteiger charge is -2.25. The minimum atomic E-state index is -0.772. The van der Waals surface area contributed by atoms with Gasteiger partial charge in [-0.3, -0.25) is 9.59 Å². The lowest BCUT2D eigenvalue weighted by molar-refractivity contribution is -0.139. The van der Waals surface area contributed by atoms with E-state index >= 15 is 0 Å². The van der Waals surface area contributed by atoms with Gasteiger partial charge in [0, 0.05) is 33.7 Å². The molecule has 1 aliphatic heterocycles. The molecule has 1 saturated heterocycles. The van der Waals surface area contributed by atoms with Crippen LogP contribution in [0, 0.1) is 0 Å². The van der Waals surface area contributed by atoms with Gasteiger partial charge in [0.2, 0.25) is 0 Å². The van der Waals surface area contributed by atoms with Gasteiger partial charge in [0.05, 0.1) is 32.9 Å². The molecule has 1 aliphatic rings. The van der Waals surface area contributed by atoms with Gasteiger partial charge in [-0.1, -0.05) is 28.1 Å². The number of aliphatic hydroxyl groups excluding tert-OH is 1. The number of ether oxygens (including phenoxy) is 3. The van der Waals surface area contributed by atoms with Gasteiger partial charge in [-0.2, -0.15) is 0 Å². The molecule has 1 aromatic heterocycles. The minimum Gasteiger partial charge on any atom is -0.507 e. The van der Waals surface area contributed by atoms with Crippen LogP contribution in [-0.4, -0.2) is 54.6 Å². The molecule has 5 rings (SSSR count). The maximum Gasteiger partial charge on any atom is 0.295 e. The predicted octanol–water partition coefficient (Wildman–Crippen LogP) is 5.62. The first-order chi connectivity index (χ1) is 18.9. The third-order valence-electron chi connectivity index (χ3n) is 6.98. The number of halogens is 1. The maximum absolute atomic E-state index is 13.4. The first-order valence-electron chi connectivity index (χ1n) is 12.3. The van der Waals surface area contributed by atoms with Gasteiger partial charge in [-0.05, 0) is 66.1 Å². The highest BCUT2D eigenvalue weighted by molar-refractivity contribution is 9.10. The van der Waals surface area contributed by atoms with Crippen LogP contribution in [-0.2, 0) is 16.0 Å². The van der Waals surface area contributed by atoms with Crippen molar-refractivity contribution < 1.29 is 28.9 Å². The second-order valence-electron chi connectivity index (χ2n) is 9.09. The van der Waals surface area contributed by atoms with Crippen LogP contribution >= 0.6 is 15.9 Å². The van der Waals surface area contributed by atoms with E-state index in [0.717, 1.165) is 26.7 Å². The molecule has 1 fully saturated rings. The van der Waals surface area contributed by atoms with Crippen LogP contribution < -0.4 is 14.2 Å². The smallest absolute Gasteiger partial charge is 0.295 e. The molecule has 0 bridgehead atoms. The van der Waals surface area contributed by atoms with E-state index < -0.39 is 17.7 Å². The number of rotatable bonds is 8. The fourth-order valence-electron chi connectivity index (χ4n) is 4.97. The van der Waals surface area contributed by atoms with Crippen molar-refractivity contribution in [3.63, 3.8) is 0 Å². The van der Waals surface area contributed by atoms with E-state index in [9.17, 15) is 14.7 Å². The number of ketones is 1. The Hall–Kier alpha value is -4.24. The van der Waals surface area contributed by atoms with E-state index in [0.29, 0.717) is 29.0 Å². The van der Waals surface area contributed by atoms with E-state index in [1.165, 1.54) is 19.1 Å². The van der Waals surface area contributed by atoms with E-state index in [4.69, 9.17) is 14.2 Å². The lowest BCUT2D eigenvalue weighted by atomic mass is 9.95. The second kappa shape index (κ2) is 10.9. The number of aromatic amines is 1. The molecule has 1 atom stereocenters. The monoisotopic (exact) mass is 590 g/mol. The number of methoxy groups -OCH3 is 3. The number of fused-ring (bicyclic) bond motifs is 1. The normalized spacial score (nSPS) is 16.6. The van der Waals surface area contributed by atoms with Crippen molar-refractivity contribution in [2.45, 2.75) is 12.5 Å². The topological polar surface area (TPSA) is 101 Å². The number of amides is 1. The van der Waals surface area contributed by atoms with Crippen molar-refractivity contribution in [1.29, 1.82) is 0 Å². The van der Waals surface area contributed by atoms with Crippen molar-refractivity contribution in [3.05, 3.63) is 93.6 Å². The van der Waals surface area contributed by atoms with Gasteiger partial charge in [-0.15, -0.1) is 0 Å². The highest BCUT2D eigenvalue weighted by atomic mass is 79.9. The van der Waals surface area contributed by atoms with E-state index in [1.807, 2.05) is 48.7 Å². The molecule has 200 valence electrons. The van der Waals surface area contributed by atoms with Gasteiger partial charge in [0.15, 0.2) is 11.5 Å². The second-order valence-corrected chi connectivity index (χ2v) is 10.0. The molecule has 2 heterocycles. The van der Waals surface area contributed by atoms with Gasteiger partial charge in [-0.25, -0.2) is 0 Å². The molecule has 0 saturated carbocycles. The number of nitrogens with zero attached hydrogens (tertiary/aromatic N) is 1. The quantitative estimate of drug-likeness (QED) is 0.157. The highest BCUT2D eigenvalue weighted by Gasteiger charge is 2.46. The molecule has 8 nitrogen and oxygen atoms in total. The molecule has 9 heteroatoms. The SMILES string of the molecule is COc1ccc2[nH]cc(CCN3C(=O)C(=O)C(=C(O)c4ccc(OC)c(OC)c4)[C@H]3c3ccc(Br)cc3)c2c1. The number of nitrogens with one attached hydrogen (secondary N) is 1. The Morgan fingerprint density at radius 1 is 0.949 bits per heavy atom. The number of hydrogen-bond acceptors (Lipinski definition) is 6. The largest absolute Gasteiger partial charge is 0.507 e. The van der Waals surface area contributed by atoms with Crippen molar-refractivity contribution in [3.8, 4) is 17.2 Å². The summed E-state index contributed by atoms with van der Waals surface area (Å²) >= 11 is 3.45. The molecule has 0 radical (unpaired) electrons. The molecular formula is C30H27BrN2O6. The molecule has 0 unspecified atom stereocenters. The molecule has 0 aliphatic carbocycles. The Kier molecular flexibility index (Phi) is 7.34. The molecule has 4 aromatic rings. The summed E-state index contributed by atoms with van der Waals surface area (Å²) in [7, 11) is 4.62. The summed E-state index contributed by atoms with van der Waals surface area (Å²) < 4.78 is 16.9. The van der Waals surface area contributed by atoms with Crippen LogP contribution in [0.3, 0.4) is 0 Å². The summed E-state index contributed by atoms with van der Waals surface area (Å²) in [5.74, 6) is -0.0756. The first kappa shape index (κ1) is 26.4. The van der Waals surface area contributed by atoms with Gasteiger partial charge < -0.3 is 29.2 Å². The maximum atomic E-state index is 13.4. The first-order valence-corrected chi connectivity index (χ1v) is 13.1. The number of H-pyrrole nitrogens is 1. The van der Waals surface area contributed by atoms with Gasteiger partial charge in [0.25, 0.3) is 11.7 Å². The highest BCUT2D eigenvalue weighted by Crippen LogP contribution is 2.41. The molecular weight excluding hydrogens is 564 g/mol. The number of carbonyl (C=O) groups excluding carboxylic acids is 2. The molecule has 0 spiro atoms.